The van der Waals surface area contributed by atoms with Crippen LogP contribution in [0.1, 0.15) is 25.3 Å². The summed E-state index contributed by atoms with van der Waals surface area (Å²) in [6.45, 7) is 7.09. The van der Waals surface area contributed by atoms with Gasteiger partial charge in [0.2, 0.25) is 0 Å². The second kappa shape index (κ2) is 7.24. The normalized spacial score (nSPS) is 20.1. The minimum Gasteiger partial charge on any atom is -0.392 e. The number of thiophene rings is 1. The molecule has 4 heteroatoms. The van der Waals surface area contributed by atoms with Crippen molar-refractivity contribution in [1.82, 2.24) is 10.2 Å². The van der Waals surface area contributed by atoms with E-state index in [0.717, 1.165) is 38.6 Å². The molecule has 18 heavy (non-hydrogen) atoms. The van der Waals surface area contributed by atoms with Gasteiger partial charge in [-0.1, -0.05) is 0 Å². The fraction of sp³-hybridized carbons (Fsp3) is 0.714. The van der Waals surface area contributed by atoms with Crippen LogP contribution < -0.4 is 5.32 Å². The molecule has 2 rings (SSSR count). The third-order valence-corrected chi connectivity index (χ3v) is 4.30. The molecular formula is C14H24N2OS. The monoisotopic (exact) mass is 268 g/mol. The van der Waals surface area contributed by atoms with E-state index < -0.39 is 0 Å². The highest BCUT2D eigenvalue weighted by Crippen LogP contribution is 2.16. The molecule has 1 atom stereocenters. The summed E-state index contributed by atoms with van der Waals surface area (Å²) in [5.41, 5.74) is 1.39. The molecule has 0 aromatic carbocycles. The molecule has 2 N–H and O–H groups in total. The predicted octanol–water partition coefficient (Wildman–Crippen LogP) is 1.93. The fourth-order valence-electron chi connectivity index (χ4n) is 2.56. The lowest BCUT2D eigenvalue weighted by atomic mass is 9.96. The first kappa shape index (κ1) is 14.0. The Morgan fingerprint density at radius 2 is 2.28 bits per heavy atom. The molecule has 102 valence electrons. The van der Waals surface area contributed by atoms with Crippen LogP contribution in [0, 0.1) is 5.92 Å². The predicted molar refractivity (Wildman–Crippen MR) is 76.9 cm³/mol. The lowest BCUT2D eigenvalue weighted by Crippen LogP contribution is -2.40. The average Bonchev–Trinajstić information content (AvgIpc) is 2.84. The molecule has 1 aliphatic heterocycles. The van der Waals surface area contributed by atoms with Crippen LogP contribution in [-0.4, -0.2) is 42.3 Å². The first-order valence-corrected chi connectivity index (χ1v) is 7.80. The molecule has 0 unspecified atom stereocenters. The number of hydrogen-bond donors (Lipinski definition) is 2. The molecule has 1 aromatic rings. The summed E-state index contributed by atoms with van der Waals surface area (Å²) in [7, 11) is 0. The van der Waals surface area contributed by atoms with Gasteiger partial charge >= 0.3 is 0 Å². The Bertz CT molecular complexity index is 319. The zero-order valence-corrected chi connectivity index (χ0v) is 12.0. The molecule has 1 fully saturated rings. The Kier molecular flexibility index (Phi) is 5.63. The third-order valence-electron chi connectivity index (χ3n) is 3.57. The van der Waals surface area contributed by atoms with Crippen LogP contribution in [-0.2, 0) is 6.54 Å². The summed E-state index contributed by atoms with van der Waals surface area (Å²) in [4.78, 5) is 2.38. The highest BCUT2D eigenvalue weighted by atomic mass is 32.1. The Morgan fingerprint density at radius 1 is 1.50 bits per heavy atom. The van der Waals surface area contributed by atoms with Gasteiger partial charge < -0.3 is 15.3 Å². The molecule has 0 radical (unpaired) electrons. The van der Waals surface area contributed by atoms with Gasteiger partial charge in [0.15, 0.2) is 0 Å². The van der Waals surface area contributed by atoms with E-state index in [2.05, 4.69) is 27.0 Å². The van der Waals surface area contributed by atoms with Crippen molar-refractivity contribution in [3.8, 4) is 0 Å². The minimum atomic E-state index is -0.196. The van der Waals surface area contributed by atoms with Crippen molar-refractivity contribution in [2.45, 2.75) is 32.4 Å². The fourth-order valence-corrected chi connectivity index (χ4v) is 3.23. The van der Waals surface area contributed by atoms with Crippen LogP contribution in [0.2, 0.25) is 0 Å². The molecule has 1 aromatic heterocycles. The summed E-state index contributed by atoms with van der Waals surface area (Å²) in [5, 5.41) is 17.3. The maximum Gasteiger partial charge on any atom is 0.0639 e. The molecule has 1 saturated heterocycles. The average molecular weight is 268 g/mol. The highest BCUT2D eigenvalue weighted by molar-refractivity contribution is 7.07. The van der Waals surface area contributed by atoms with E-state index in [1.165, 1.54) is 18.4 Å². The number of nitrogens with zero attached hydrogens (tertiary/aromatic N) is 1. The van der Waals surface area contributed by atoms with Crippen molar-refractivity contribution in [3.63, 3.8) is 0 Å². The van der Waals surface area contributed by atoms with Crippen molar-refractivity contribution < 1.29 is 5.11 Å². The van der Waals surface area contributed by atoms with Crippen LogP contribution in [0.5, 0.6) is 0 Å². The van der Waals surface area contributed by atoms with E-state index in [0.29, 0.717) is 0 Å². The van der Waals surface area contributed by atoms with E-state index in [1.54, 1.807) is 11.3 Å². The van der Waals surface area contributed by atoms with Gasteiger partial charge in [0, 0.05) is 13.1 Å². The molecule has 1 aliphatic rings. The number of β-amino-alcohol motifs (C(OH)–C–C–N with tert-alkyl or cyclic N) is 1. The smallest absolute Gasteiger partial charge is 0.0639 e. The molecule has 0 spiro atoms. The van der Waals surface area contributed by atoms with Crippen molar-refractivity contribution >= 4 is 11.3 Å². The van der Waals surface area contributed by atoms with Crippen LogP contribution in [0.15, 0.2) is 16.8 Å². The number of aliphatic hydroxyl groups excluding tert-OH is 1. The van der Waals surface area contributed by atoms with Crippen LogP contribution in [0.25, 0.3) is 0 Å². The van der Waals surface area contributed by atoms with Gasteiger partial charge in [-0.05, 0) is 67.7 Å². The maximum absolute atomic E-state index is 9.36. The first-order valence-electron chi connectivity index (χ1n) is 6.86. The Morgan fingerprint density at radius 3 is 2.89 bits per heavy atom. The second-order valence-corrected chi connectivity index (χ2v) is 6.14. The van der Waals surface area contributed by atoms with Gasteiger partial charge in [-0.2, -0.15) is 11.3 Å². The van der Waals surface area contributed by atoms with E-state index in [-0.39, 0.29) is 6.10 Å². The van der Waals surface area contributed by atoms with Gasteiger partial charge in [-0.25, -0.2) is 0 Å². The minimum absolute atomic E-state index is 0.196. The Hall–Kier alpha value is -0.420. The molecule has 0 aliphatic carbocycles. The zero-order chi connectivity index (χ0) is 12.8. The van der Waals surface area contributed by atoms with Crippen molar-refractivity contribution in [1.29, 1.82) is 0 Å². The number of hydrogen-bond acceptors (Lipinski definition) is 4. The van der Waals surface area contributed by atoms with Crippen LogP contribution in [0.3, 0.4) is 0 Å². The number of nitrogens with one attached hydrogen (secondary N) is 1. The standard InChI is InChI=1S/C14H24N2OS/c1-12(17)10-16-5-2-13(3-6-16)8-15-9-14-4-7-18-11-14/h4,7,11-13,15,17H,2-3,5-6,8-10H2,1H3/t12-/m0/s1. The summed E-state index contributed by atoms with van der Waals surface area (Å²) < 4.78 is 0. The number of aliphatic hydroxyl groups is 1. The summed E-state index contributed by atoms with van der Waals surface area (Å²) in [5.74, 6) is 0.800. The van der Waals surface area contributed by atoms with Crippen molar-refractivity contribution in [3.05, 3.63) is 22.4 Å². The topological polar surface area (TPSA) is 35.5 Å². The molecule has 2 heterocycles. The van der Waals surface area contributed by atoms with Crippen molar-refractivity contribution in [2.75, 3.05) is 26.2 Å². The SMILES string of the molecule is C[C@H](O)CN1CCC(CNCc2ccsc2)CC1. The van der Waals surface area contributed by atoms with Gasteiger partial charge in [-0.15, -0.1) is 0 Å². The molecule has 3 nitrogen and oxygen atoms in total. The highest BCUT2D eigenvalue weighted by Gasteiger charge is 2.19. The third kappa shape index (κ3) is 4.69. The maximum atomic E-state index is 9.36. The lowest BCUT2D eigenvalue weighted by Gasteiger charge is -2.32. The van der Waals surface area contributed by atoms with Gasteiger partial charge in [0.05, 0.1) is 6.10 Å². The second-order valence-electron chi connectivity index (χ2n) is 5.36. The molecular weight excluding hydrogens is 244 g/mol. The summed E-state index contributed by atoms with van der Waals surface area (Å²) in [6, 6.07) is 2.18. The number of rotatable bonds is 6. The largest absolute Gasteiger partial charge is 0.392 e. The van der Waals surface area contributed by atoms with E-state index in [4.69, 9.17) is 0 Å². The van der Waals surface area contributed by atoms with Gasteiger partial charge in [0.25, 0.3) is 0 Å². The number of likely N-dealkylation sites (tertiary alicyclic amines) is 1. The van der Waals surface area contributed by atoms with Crippen molar-refractivity contribution in [2.24, 2.45) is 5.92 Å². The summed E-state index contributed by atoms with van der Waals surface area (Å²) >= 11 is 1.76. The van der Waals surface area contributed by atoms with E-state index >= 15 is 0 Å². The summed E-state index contributed by atoms with van der Waals surface area (Å²) in [6.07, 6.45) is 2.31. The van der Waals surface area contributed by atoms with Gasteiger partial charge in [-0.3, -0.25) is 0 Å². The molecule has 0 amide bonds. The first-order chi connectivity index (χ1) is 8.74. The lowest BCUT2D eigenvalue weighted by molar-refractivity contribution is 0.0998. The van der Waals surface area contributed by atoms with E-state index in [1.807, 2.05) is 6.92 Å². The molecule has 0 saturated carbocycles. The number of piperidine rings is 1. The van der Waals surface area contributed by atoms with E-state index in [9.17, 15) is 5.11 Å². The zero-order valence-electron chi connectivity index (χ0n) is 11.1. The quantitative estimate of drug-likeness (QED) is 0.827. The molecule has 0 bridgehead atoms. The van der Waals surface area contributed by atoms with Crippen LogP contribution in [0.4, 0.5) is 0 Å². The van der Waals surface area contributed by atoms with Crippen LogP contribution >= 0.6 is 11.3 Å². The van der Waals surface area contributed by atoms with Gasteiger partial charge in [0.1, 0.15) is 0 Å². The Labute approximate surface area is 114 Å². The Balaban J connectivity index is 1.59.